The Kier molecular flexibility index (Phi) is 4.81. The van der Waals surface area contributed by atoms with E-state index in [2.05, 4.69) is 95.9 Å². The van der Waals surface area contributed by atoms with Gasteiger partial charge in [-0.25, -0.2) is 0 Å². The second-order valence-corrected chi connectivity index (χ2v) is 8.83. The maximum absolute atomic E-state index is 12.7. The molecule has 4 rings (SSSR count). The van der Waals surface area contributed by atoms with E-state index in [1.165, 1.54) is 5.56 Å². The Morgan fingerprint density at radius 1 is 1.00 bits per heavy atom. The highest BCUT2D eigenvalue weighted by Crippen LogP contribution is 2.36. The topological polar surface area (TPSA) is 22.0 Å². The van der Waals surface area contributed by atoms with Crippen LogP contribution in [0.25, 0.3) is 16.9 Å². The average Bonchev–Trinajstić information content (AvgIpc) is 3.02. The summed E-state index contributed by atoms with van der Waals surface area (Å²) in [6.45, 7) is 6.58. The van der Waals surface area contributed by atoms with Gasteiger partial charge in [0.15, 0.2) is 5.78 Å². The minimum absolute atomic E-state index is 0.264. The molecule has 1 aliphatic carbocycles. The van der Waals surface area contributed by atoms with Gasteiger partial charge in [0.25, 0.3) is 0 Å². The van der Waals surface area contributed by atoms with Crippen LogP contribution in [-0.4, -0.2) is 10.4 Å². The largest absolute Gasteiger partial charge is 0.313 e. The summed E-state index contributed by atoms with van der Waals surface area (Å²) in [6, 6.07) is 19.2. The lowest BCUT2D eigenvalue weighted by molar-refractivity contribution is 0.0952. The van der Waals surface area contributed by atoms with Crippen molar-refractivity contribution in [2.75, 3.05) is 0 Å². The van der Waals surface area contributed by atoms with Gasteiger partial charge in [-0.3, -0.25) is 4.79 Å². The molecule has 0 amide bonds. The molecule has 0 N–H and O–H groups in total. The predicted octanol–water partition coefficient (Wildman–Crippen LogP) is 6.80. The van der Waals surface area contributed by atoms with Crippen molar-refractivity contribution >= 4 is 21.7 Å². The van der Waals surface area contributed by atoms with Crippen LogP contribution in [0.5, 0.6) is 0 Å². The van der Waals surface area contributed by atoms with E-state index in [-0.39, 0.29) is 5.78 Å². The van der Waals surface area contributed by atoms with Gasteiger partial charge in [-0.05, 0) is 59.7 Å². The molecular formula is C24H24BrNO. The quantitative estimate of drug-likeness (QED) is 0.455. The molecule has 0 saturated carbocycles. The van der Waals surface area contributed by atoms with E-state index < -0.39 is 0 Å². The van der Waals surface area contributed by atoms with Gasteiger partial charge < -0.3 is 4.57 Å². The molecule has 1 heterocycles. The van der Waals surface area contributed by atoms with Crippen molar-refractivity contribution in [3.63, 3.8) is 0 Å². The van der Waals surface area contributed by atoms with Crippen LogP contribution in [0.15, 0.2) is 59.1 Å². The van der Waals surface area contributed by atoms with Gasteiger partial charge in [-0.15, -0.1) is 0 Å². The standard InChI is InChI=1S/C24H24BrNO/c1-15(2)17-6-10-20(11-7-17)26-22(18-4-8-19(25)9-5-18)14-21-23(26)12-16(3)13-24(21)27/h4-11,14-16H,12-13H2,1-3H3. The second-order valence-electron chi connectivity index (χ2n) is 7.92. The van der Waals surface area contributed by atoms with Crippen molar-refractivity contribution in [1.82, 2.24) is 4.57 Å². The summed E-state index contributed by atoms with van der Waals surface area (Å²) in [7, 11) is 0. The van der Waals surface area contributed by atoms with Gasteiger partial charge in [0.2, 0.25) is 0 Å². The summed E-state index contributed by atoms with van der Waals surface area (Å²) in [5, 5.41) is 0. The minimum atomic E-state index is 0.264. The van der Waals surface area contributed by atoms with Crippen molar-refractivity contribution in [3.8, 4) is 16.9 Å². The zero-order valence-electron chi connectivity index (χ0n) is 16.0. The molecule has 27 heavy (non-hydrogen) atoms. The molecule has 2 aromatic carbocycles. The SMILES string of the molecule is CC1CC(=O)c2cc(-c3ccc(Br)cc3)n(-c3ccc(C(C)C)cc3)c2C1. The summed E-state index contributed by atoms with van der Waals surface area (Å²) < 4.78 is 3.34. The summed E-state index contributed by atoms with van der Waals surface area (Å²) in [5.41, 5.74) is 6.70. The first-order valence-corrected chi connectivity index (χ1v) is 10.4. The molecular weight excluding hydrogens is 398 g/mol. The predicted molar refractivity (Wildman–Crippen MR) is 115 cm³/mol. The number of benzene rings is 2. The van der Waals surface area contributed by atoms with Crippen LogP contribution in [0.4, 0.5) is 0 Å². The van der Waals surface area contributed by atoms with E-state index in [0.29, 0.717) is 18.3 Å². The number of hydrogen-bond donors (Lipinski definition) is 0. The van der Waals surface area contributed by atoms with Gasteiger partial charge >= 0.3 is 0 Å². The molecule has 138 valence electrons. The van der Waals surface area contributed by atoms with Crippen LogP contribution in [0, 0.1) is 5.92 Å². The molecule has 1 aliphatic rings. The van der Waals surface area contributed by atoms with E-state index in [4.69, 9.17) is 0 Å². The smallest absolute Gasteiger partial charge is 0.164 e. The zero-order chi connectivity index (χ0) is 19.1. The molecule has 0 fully saturated rings. The first-order valence-electron chi connectivity index (χ1n) is 9.58. The monoisotopic (exact) mass is 421 g/mol. The number of ketones is 1. The third-order valence-electron chi connectivity index (χ3n) is 5.44. The van der Waals surface area contributed by atoms with E-state index in [1.807, 2.05) is 0 Å². The van der Waals surface area contributed by atoms with Crippen LogP contribution < -0.4 is 0 Å². The number of hydrogen-bond acceptors (Lipinski definition) is 1. The number of rotatable bonds is 3. The fraction of sp³-hybridized carbons (Fsp3) is 0.292. The van der Waals surface area contributed by atoms with E-state index in [1.54, 1.807) is 0 Å². The Morgan fingerprint density at radius 3 is 2.30 bits per heavy atom. The molecule has 1 unspecified atom stereocenters. The molecule has 0 radical (unpaired) electrons. The Morgan fingerprint density at radius 2 is 1.67 bits per heavy atom. The molecule has 0 bridgehead atoms. The Balaban J connectivity index is 1.92. The van der Waals surface area contributed by atoms with Crippen LogP contribution in [0.3, 0.4) is 0 Å². The van der Waals surface area contributed by atoms with Crippen molar-refractivity contribution in [3.05, 3.63) is 75.9 Å². The molecule has 3 aromatic rings. The Hall–Kier alpha value is -2.13. The highest BCUT2D eigenvalue weighted by Gasteiger charge is 2.28. The van der Waals surface area contributed by atoms with Gasteiger partial charge in [0, 0.05) is 27.8 Å². The van der Waals surface area contributed by atoms with Gasteiger partial charge in [0.05, 0.1) is 5.69 Å². The number of nitrogens with zero attached hydrogens (tertiary/aromatic N) is 1. The fourth-order valence-electron chi connectivity index (χ4n) is 3.96. The van der Waals surface area contributed by atoms with Crippen molar-refractivity contribution in [1.29, 1.82) is 0 Å². The third kappa shape index (κ3) is 3.41. The van der Waals surface area contributed by atoms with Gasteiger partial charge in [-0.2, -0.15) is 0 Å². The van der Waals surface area contributed by atoms with Crippen LogP contribution in [0.2, 0.25) is 0 Å². The van der Waals surface area contributed by atoms with E-state index in [9.17, 15) is 4.79 Å². The molecule has 1 atom stereocenters. The summed E-state index contributed by atoms with van der Waals surface area (Å²) in [6.07, 6.45) is 1.58. The maximum Gasteiger partial charge on any atom is 0.164 e. The first kappa shape index (κ1) is 18.2. The molecule has 0 aliphatic heterocycles. The van der Waals surface area contributed by atoms with Crippen molar-refractivity contribution in [2.24, 2.45) is 5.92 Å². The van der Waals surface area contributed by atoms with Crippen LogP contribution in [-0.2, 0) is 6.42 Å². The molecule has 1 aromatic heterocycles. The highest BCUT2D eigenvalue weighted by atomic mass is 79.9. The number of fused-ring (bicyclic) bond motifs is 1. The summed E-state index contributed by atoms with van der Waals surface area (Å²) >= 11 is 3.52. The zero-order valence-corrected chi connectivity index (χ0v) is 17.6. The lowest BCUT2D eigenvalue weighted by Gasteiger charge is -2.21. The maximum atomic E-state index is 12.7. The normalized spacial score (nSPS) is 16.6. The molecule has 0 spiro atoms. The van der Waals surface area contributed by atoms with E-state index in [0.717, 1.165) is 39.1 Å². The summed E-state index contributed by atoms with van der Waals surface area (Å²) in [4.78, 5) is 12.7. The number of carbonyl (C=O) groups is 1. The Labute approximate surface area is 169 Å². The molecule has 3 heteroatoms. The number of halogens is 1. The Bertz CT molecular complexity index is 980. The lowest BCUT2D eigenvalue weighted by atomic mass is 9.88. The van der Waals surface area contributed by atoms with Gasteiger partial charge in [-0.1, -0.05) is 61.0 Å². The first-order chi connectivity index (χ1) is 12.9. The number of carbonyl (C=O) groups excluding carboxylic acids is 1. The van der Waals surface area contributed by atoms with Crippen LogP contribution in [0.1, 0.15) is 54.7 Å². The highest BCUT2D eigenvalue weighted by molar-refractivity contribution is 9.10. The third-order valence-corrected chi connectivity index (χ3v) is 5.97. The second kappa shape index (κ2) is 7.12. The van der Waals surface area contributed by atoms with Crippen molar-refractivity contribution < 1.29 is 4.79 Å². The number of aromatic nitrogens is 1. The lowest BCUT2D eigenvalue weighted by Crippen LogP contribution is -2.19. The summed E-state index contributed by atoms with van der Waals surface area (Å²) in [5.74, 6) is 1.15. The van der Waals surface area contributed by atoms with Gasteiger partial charge in [0.1, 0.15) is 0 Å². The van der Waals surface area contributed by atoms with Crippen LogP contribution >= 0.6 is 15.9 Å². The van der Waals surface area contributed by atoms with Crippen molar-refractivity contribution in [2.45, 2.75) is 39.5 Å². The average molecular weight is 422 g/mol. The fourth-order valence-corrected chi connectivity index (χ4v) is 4.22. The molecule has 2 nitrogen and oxygen atoms in total. The number of Topliss-reactive ketones (excluding diaryl/α,β-unsaturated/α-hetero) is 1. The van der Waals surface area contributed by atoms with E-state index >= 15 is 0 Å². The minimum Gasteiger partial charge on any atom is -0.313 e. The molecule has 0 saturated heterocycles.